The van der Waals surface area contributed by atoms with Gasteiger partial charge in [-0.2, -0.15) is 18.3 Å². The maximum Gasteiger partial charge on any atom is 0.411 e. The molecule has 1 fully saturated rings. The van der Waals surface area contributed by atoms with Crippen LogP contribution in [0.4, 0.5) is 19.0 Å². The van der Waals surface area contributed by atoms with Gasteiger partial charge < -0.3 is 10.1 Å². The second-order valence-corrected chi connectivity index (χ2v) is 5.58. The predicted octanol–water partition coefficient (Wildman–Crippen LogP) is 0.919. The molecule has 2 rings (SSSR count). The standard InChI is InChI=1S/C14H19F3N4O3/c1-9-7-12(20(2)19-9)21-5-3-10(13(21)23)18-11(22)4-6-24-8-14(15,16)17/h7,10H,3-6,8H2,1-2H3,(H,18,22). The zero-order valence-corrected chi connectivity index (χ0v) is 13.4. The minimum atomic E-state index is -4.42. The first-order valence-corrected chi connectivity index (χ1v) is 7.43. The molecule has 2 heterocycles. The molecule has 1 atom stereocenters. The van der Waals surface area contributed by atoms with Gasteiger partial charge in [-0.05, 0) is 13.3 Å². The van der Waals surface area contributed by atoms with Crippen molar-refractivity contribution < 1.29 is 27.5 Å². The third kappa shape index (κ3) is 4.70. The number of carbonyl (C=O) groups is 2. The molecule has 134 valence electrons. The van der Waals surface area contributed by atoms with Gasteiger partial charge in [0.05, 0.1) is 12.3 Å². The summed E-state index contributed by atoms with van der Waals surface area (Å²) in [6.07, 6.45) is -4.22. The number of hydrogen-bond acceptors (Lipinski definition) is 4. The molecule has 0 saturated carbocycles. The van der Waals surface area contributed by atoms with Crippen molar-refractivity contribution in [3.05, 3.63) is 11.8 Å². The summed E-state index contributed by atoms with van der Waals surface area (Å²) in [7, 11) is 1.72. The number of aryl methyl sites for hydroxylation is 2. The first kappa shape index (κ1) is 18.2. The Morgan fingerprint density at radius 2 is 2.21 bits per heavy atom. The van der Waals surface area contributed by atoms with Crippen LogP contribution in [-0.2, 0) is 21.4 Å². The van der Waals surface area contributed by atoms with Crippen molar-refractivity contribution in [2.24, 2.45) is 7.05 Å². The molecule has 0 aromatic carbocycles. The Bertz CT molecular complexity index is 615. The summed E-state index contributed by atoms with van der Waals surface area (Å²) < 4.78 is 41.7. The van der Waals surface area contributed by atoms with E-state index < -0.39 is 24.7 Å². The van der Waals surface area contributed by atoms with Crippen LogP contribution in [0.15, 0.2) is 6.07 Å². The molecule has 2 amide bonds. The number of alkyl halides is 3. The molecule has 1 N–H and O–H groups in total. The molecular weight excluding hydrogens is 329 g/mol. The van der Waals surface area contributed by atoms with Gasteiger partial charge in [0.2, 0.25) is 5.91 Å². The lowest BCUT2D eigenvalue weighted by Crippen LogP contribution is -2.42. The molecule has 10 heteroatoms. The summed E-state index contributed by atoms with van der Waals surface area (Å²) in [5, 5.41) is 6.70. The van der Waals surface area contributed by atoms with Crippen LogP contribution in [0.3, 0.4) is 0 Å². The Kier molecular flexibility index (Phi) is 5.47. The predicted molar refractivity (Wildman–Crippen MR) is 78.3 cm³/mol. The smallest absolute Gasteiger partial charge is 0.372 e. The van der Waals surface area contributed by atoms with Crippen molar-refractivity contribution in [1.29, 1.82) is 0 Å². The van der Waals surface area contributed by atoms with Gasteiger partial charge >= 0.3 is 6.18 Å². The average Bonchev–Trinajstić information content (AvgIpc) is 2.97. The number of hydrogen-bond donors (Lipinski definition) is 1. The normalized spacial score (nSPS) is 18.3. The SMILES string of the molecule is Cc1cc(N2CCC(NC(=O)CCOCC(F)(F)F)C2=O)n(C)n1. The molecule has 1 aromatic heterocycles. The number of aromatic nitrogens is 2. The molecule has 0 radical (unpaired) electrons. The fourth-order valence-corrected chi connectivity index (χ4v) is 2.51. The largest absolute Gasteiger partial charge is 0.411 e. The van der Waals surface area contributed by atoms with Crippen molar-refractivity contribution in [1.82, 2.24) is 15.1 Å². The van der Waals surface area contributed by atoms with Crippen LogP contribution in [0.2, 0.25) is 0 Å². The Balaban J connectivity index is 1.81. The first-order chi connectivity index (χ1) is 11.2. The Morgan fingerprint density at radius 3 is 2.79 bits per heavy atom. The summed E-state index contributed by atoms with van der Waals surface area (Å²) in [6.45, 7) is 0.505. The molecule has 24 heavy (non-hydrogen) atoms. The Hall–Kier alpha value is -2.10. The average molecular weight is 348 g/mol. The van der Waals surface area contributed by atoms with E-state index in [0.717, 1.165) is 5.69 Å². The highest BCUT2D eigenvalue weighted by Crippen LogP contribution is 2.22. The molecule has 7 nitrogen and oxygen atoms in total. The van der Waals surface area contributed by atoms with Crippen molar-refractivity contribution in [3.8, 4) is 0 Å². The van der Waals surface area contributed by atoms with Gasteiger partial charge in [0.1, 0.15) is 18.5 Å². The van der Waals surface area contributed by atoms with Gasteiger partial charge in [0.25, 0.3) is 5.91 Å². The van der Waals surface area contributed by atoms with E-state index >= 15 is 0 Å². The Labute approximate surface area is 136 Å². The summed E-state index contributed by atoms with van der Waals surface area (Å²) in [6, 6.07) is 1.09. The molecule has 0 spiro atoms. The van der Waals surface area contributed by atoms with E-state index in [0.29, 0.717) is 18.8 Å². The van der Waals surface area contributed by atoms with Crippen LogP contribution in [0.5, 0.6) is 0 Å². The van der Waals surface area contributed by atoms with Crippen molar-refractivity contribution >= 4 is 17.6 Å². The fourth-order valence-electron chi connectivity index (χ4n) is 2.51. The van der Waals surface area contributed by atoms with Crippen LogP contribution in [-0.4, -0.2) is 53.6 Å². The van der Waals surface area contributed by atoms with E-state index in [4.69, 9.17) is 0 Å². The van der Waals surface area contributed by atoms with Crippen LogP contribution >= 0.6 is 0 Å². The monoisotopic (exact) mass is 348 g/mol. The fraction of sp³-hybridized carbons (Fsp3) is 0.643. The second kappa shape index (κ2) is 7.20. The number of nitrogens with one attached hydrogen (secondary N) is 1. The first-order valence-electron chi connectivity index (χ1n) is 7.43. The van der Waals surface area contributed by atoms with E-state index in [9.17, 15) is 22.8 Å². The highest BCUT2D eigenvalue weighted by atomic mass is 19.4. The number of amides is 2. The molecular formula is C14H19F3N4O3. The highest BCUT2D eigenvalue weighted by Gasteiger charge is 2.35. The van der Waals surface area contributed by atoms with Crippen LogP contribution in [0.1, 0.15) is 18.5 Å². The molecule has 1 aliphatic rings. The number of carbonyl (C=O) groups excluding carboxylic acids is 2. The number of anilines is 1. The molecule has 1 unspecified atom stereocenters. The van der Waals surface area contributed by atoms with Crippen molar-refractivity contribution in [2.75, 3.05) is 24.7 Å². The van der Waals surface area contributed by atoms with E-state index in [1.165, 1.54) is 4.90 Å². The quantitative estimate of drug-likeness (QED) is 0.776. The summed E-state index contributed by atoms with van der Waals surface area (Å²) in [5.41, 5.74) is 0.773. The van der Waals surface area contributed by atoms with Gasteiger partial charge in [-0.25, -0.2) is 0 Å². The molecule has 1 aromatic rings. The maximum absolute atomic E-state index is 12.4. The lowest BCUT2D eigenvalue weighted by molar-refractivity contribution is -0.174. The highest BCUT2D eigenvalue weighted by molar-refractivity contribution is 6.00. The summed E-state index contributed by atoms with van der Waals surface area (Å²) >= 11 is 0. The van der Waals surface area contributed by atoms with Gasteiger partial charge in [-0.3, -0.25) is 19.2 Å². The minimum absolute atomic E-state index is 0.231. The third-order valence-electron chi connectivity index (χ3n) is 3.53. The second-order valence-electron chi connectivity index (χ2n) is 5.58. The number of ether oxygens (including phenoxy) is 1. The van der Waals surface area contributed by atoms with Crippen LogP contribution in [0, 0.1) is 6.92 Å². The van der Waals surface area contributed by atoms with E-state index in [1.807, 2.05) is 6.92 Å². The number of rotatable bonds is 6. The summed E-state index contributed by atoms with van der Waals surface area (Å²) in [5.74, 6) is -0.135. The third-order valence-corrected chi connectivity index (χ3v) is 3.53. The molecule has 1 aliphatic heterocycles. The van der Waals surface area contributed by atoms with E-state index in [-0.39, 0.29) is 18.9 Å². The lowest BCUT2D eigenvalue weighted by Gasteiger charge is -2.17. The lowest BCUT2D eigenvalue weighted by atomic mass is 10.2. The molecule has 1 saturated heterocycles. The van der Waals surface area contributed by atoms with E-state index in [1.54, 1.807) is 17.8 Å². The maximum atomic E-state index is 12.4. The van der Waals surface area contributed by atoms with Gasteiger partial charge in [-0.15, -0.1) is 0 Å². The Morgan fingerprint density at radius 1 is 1.50 bits per heavy atom. The van der Waals surface area contributed by atoms with Crippen molar-refractivity contribution in [2.45, 2.75) is 32.0 Å². The van der Waals surface area contributed by atoms with Gasteiger partial charge in [0.15, 0.2) is 0 Å². The molecule has 0 bridgehead atoms. The number of halogens is 3. The zero-order chi connectivity index (χ0) is 17.9. The van der Waals surface area contributed by atoms with Gasteiger partial charge in [0, 0.05) is 26.1 Å². The van der Waals surface area contributed by atoms with Crippen molar-refractivity contribution in [3.63, 3.8) is 0 Å². The summed E-state index contributed by atoms with van der Waals surface area (Å²) in [4.78, 5) is 25.6. The van der Waals surface area contributed by atoms with E-state index in [2.05, 4.69) is 15.2 Å². The topological polar surface area (TPSA) is 76.5 Å². The zero-order valence-electron chi connectivity index (χ0n) is 13.4. The minimum Gasteiger partial charge on any atom is -0.372 e. The van der Waals surface area contributed by atoms with Gasteiger partial charge in [-0.1, -0.05) is 0 Å². The van der Waals surface area contributed by atoms with Crippen LogP contribution < -0.4 is 10.2 Å². The molecule has 0 aliphatic carbocycles. The van der Waals surface area contributed by atoms with Crippen LogP contribution in [0.25, 0.3) is 0 Å². The number of nitrogens with zero attached hydrogens (tertiary/aromatic N) is 3.